The summed E-state index contributed by atoms with van der Waals surface area (Å²) in [7, 11) is 3.13. The van der Waals surface area contributed by atoms with Gasteiger partial charge in [-0.2, -0.15) is 0 Å². The lowest BCUT2D eigenvalue weighted by atomic mass is 10.1. The highest BCUT2D eigenvalue weighted by Gasteiger charge is 2.11. The smallest absolute Gasteiger partial charge is 0.274 e. The quantitative estimate of drug-likeness (QED) is 0.591. The molecule has 8 heteroatoms. The van der Waals surface area contributed by atoms with Crippen molar-refractivity contribution in [3.05, 3.63) is 66.1 Å². The minimum Gasteiger partial charge on any atom is -0.497 e. The molecule has 1 amide bonds. The summed E-state index contributed by atoms with van der Waals surface area (Å²) in [5, 5.41) is 5.85. The molecule has 29 heavy (non-hydrogen) atoms. The van der Waals surface area contributed by atoms with Crippen LogP contribution in [-0.2, 0) is 0 Å². The Labute approximate surface area is 167 Å². The molecule has 0 unspecified atom stereocenters. The van der Waals surface area contributed by atoms with E-state index in [-0.39, 0.29) is 11.5 Å². The Morgan fingerprint density at radius 2 is 1.69 bits per heavy atom. The van der Waals surface area contributed by atoms with Crippen LogP contribution >= 0.6 is 0 Å². The summed E-state index contributed by atoms with van der Waals surface area (Å²) in [4.78, 5) is 32.0. The van der Waals surface area contributed by atoms with E-state index >= 15 is 0 Å². The van der Waals surface area contributed by atoms with Crippen LogP contribution in [0.1, 0.15) is 27.8 Å². The van der Waals surface area contributed by atoms with E-state index in [0.29, 0.717) is 34.3 Å². The largest absolute Gasteiger partial charge is 0.497 e. The van der Waals surface area contributed by atoms with E-state index in [0.717, 1.165) is 0 Å². The molecule has 0 fully saturated rings. The van der Waals surface area contributed by atoms with Gasteiger partial charge in [-0.1, -0.05) is 0 Å². The number of nitrogens with one attached hydrogen (secondary N) is 2. The maximum atomic E-state index is 12.5. The number of rotatable bonds is 7. The summed E-state index contributed by atoms with van der Waals surface area (Å²) in [5.41, 5.74) is 1.98. The van der Waals surface area contributed by atoms with Crippen molar-refractivity contribution < 1.29 is 19.1 Å². The Bertz CT molecular complexity index is 1040. The second kappa shape index (κ2) is 8.83. The molecule has 8 nitrogen and oxygen atoms in total. The molecule has 3 rings (SSSR count). The second-order valence-corrected chi connectivity index (χ2v) is 6.07. The molecule has 0 bridgehead atoms. The Morgan fingerprint density at radius 3 is 2.34 bits per heavy atom. The molecule has 2 aromatic carbocycles. The molecule has 3 aromatic rings. The number of Topliss-reactive ketones (excluding diaryl/α,β-unsaturated/α-hetero) is 1. The fraction of sp³-hybridized carbons (Fsp3) is 0.143. The third-order valence-corrected chi connectivity index (χ3v) is 4.12. The first-order valence-corrected chi connectivity index (χ1v) is 8.73. The summed E-state index contributed by atoms with van der Waals surface area (Å²) < 4.78 is 10.5. The van der Waals surface area contributed by atoms with Crippen LogP contribution in [0.25, 0.3) is 0 Å². The Kier molecular flexibility index (Phi) is 6.03. The monoisotopic (exact) mass is 392 g/mol. The van der Waals surface area contributed by atoms with E-state index in [9.17, 15) is 9.59 Å². The molecule has 0 spiro atoms. The molecule has 0 saturated heterocycles. The van der Waals surface area contributed by atoms with Crippen molar-refractivity contribution in [1.82, 2.24) is 9.97 Å². The lowest BCUT2D eigenvalue weighted by molar-refractivity contribution is 0.101. The minimum absolute atomic E-state index is 0.0386. The van der Waals surface area contributed by atoms with Gasteiger partial charge in [0.25, 0.3) is 5.91 Å². The number of methoxy groups -OCH3 is 2. The zero-order valence-corrected chi connectivity index (χ0v) is 16.2. The van der Waals surface area contributed by atoms with Crippen LogP contribution in [0.2, 0.25) is 0 Å². The van der Waals surface area contributed by atoms with E-state index in [2.05, 4.69) is 20.6 Å². The Morgan fingerprint density at radius 1 is 0.931 bits per heavy atom. The van der Waals surface area contributed by atoms with Gasteiger partial charge in [0.05, 0.1) is 19.9 Å². The van der Waals surface area contributed by atoms with Gasteiger partial charge in [-0.25, -0.2) is 9.97 Å². The predicted octanol–water partition coefficient (Wildman–Crippen LogP) is 3.69. The number of ketones is 1. The second-order valence-electron chi connectivity index (χ2n) is 6.07. The van der Waals surface area contributed by atoms with Gasteiger partial charge in [0.15, 0.2) is 5.78 Å². The molecule has 1 heterocycles. The number of anilines is 3. The van der Waals surface area contributed by atoms with Crippen molar-refractivity contribution in [2.45, 2.75) is 6.92 Å². The van der Waals surface area contributed by atoms with Gasteiger partial charge in [0.1, 0.15) is 29.3 Å². The number of carbonyl (C=O) groups is 2. The third kappa shape index (κ3) is 4.86. The number of hydrogen-bond donors (Lipinski definition) is 2. The van der Waals surface area contributed by atoms with Gasteiger partial charge in [-0.05, 0) is 43.3 Å². The van der Waals surface area contributed by atoms with E-state index in [1.165, 1.54) is 19.3 Å². The van der Waals surface area contributed by atoms with Crippen molar-refractivity contribution >= 4 is 28.9 Å². The van der Waals surface area contributed by atoms with Gasteiger partial charge in [0, 0.05) is 23.4 Å². The molecule has 0 atom stereocenters. The van der Waals surface area contributed by atoms with E-state index in [4.69, 9.17) is 9.47 Å². The standard InChI is InChI=1S/C21H20N4O4/c1-13(26)14-4-6-15(7-5-14)24-21(27)18-11-20(23-12-22-18)25-17-9-8-16(28-2)10-19(17)29-3/h4-12H,1-3H3,(H,24,27)(H,22,23,25). The zero-order chi connectivity index (χ0) is 20.8. The Hall–Kier alpha value is -3.94. The van der Waals surface area contributed by atoms with Crippen LogP contribution in [0.3, 0.4) is 0 Å². The van der Waals surface area contributed by atoms with E-state index < -0.39 is 5.91 Å². The van der Waals surface area contributed by atoms with E-state index in [1.54, 1.807) is 56.7 Å². The molecule has 0 aliphatic rings. The van der Waals surface area contributed by atoms with Gasteiger partial charge in [-0.15, -0.1) is 0 Å². The first-order valence-electron chi connectivity index (χ1n) is 8.73. The number of aromatic nitrogens is 2. The molecular formula is C21H20N4O4. The minimum atomic E-state index is -0.396. The van der Waals surface area contributed by atoms with Crippen molar-refractivity contribution in [2.24, 2.45) is 0 Å². The normalized spacial score (nSPS) is 10.2. The van der Waals surface area contributed by atoms with Crippen LogP contribution < -0.4 is 20.1 Å². The van der Waals surface area contributed by atoms with Crippen molar-refractivity contribution in [3.63, 3.8) is 0 Å². The van der Waals surface area contributed by atoms with Gasteiger partial charge in [0.2, 0.25) is 0 Å². The lowest BCUT2D eigenvalue weighted by Gasteiger charge is -2.12. The fourth-order valence-electron chi connectivity index (χ4n) is 2.57. The summed E-state index contributed by atoms with van der Waals surface area (Å²) in [6.45, 7) is 1.49. The summed E-state index contributed by atoms with van der Waals surface area (Å²) in [6.07, 6.45) is 1.30. The van der Waals surface area contributed by atoms with Crippen molar-refractivity contribution in [2.75, 3.05) is 24.9 Å². The zero-order valence-electron chi connectivity index (χ0n) is 16.2. The number of hydrogen-bond acceptors (Lipinski definition) is 7. The van der Waals surface area contributed by atoms with Crippen LogP contribution in [0.4, 0.5) is 17.2 Å². The predicted molar refractivity (Wildman–Crippen MR) is 109 cm³/mol. The fourth-order valence-corrected chi connectivity index (χ4v) is 2.57. The van der Waals surface area contributed by atoms with Crippen LogP contribution in [0.15, 0.2) is 54.9 Å². The number of benzene rings is 2. The highest BCUT2D eigenvalue weighted by Crippen LogP contribution is 2.31. The average molecular weight is 392 g/mol. The molecular weight excluding hydrogens is 372 g/mol. The highest BCUT2D eigenvalue weighted by atomic mass is 16.5. The molecule has 0 radical (unpaired) electrons. The number of amides is 1. The maximum absolute atomic E-state index is 12.5. The SMILES string of the molecule is COc1ccc(Nc2cc(C(=O)Nc3ccc(C(C)=O)cc3)ncn2)c(OC)c1. The molecule has 148 valence electrons. The summed E-state index contributed by atoms with van der Waals surface area (Å²) >= 11 is 0. The summed E-state index contributed by atoms with van der Waals surface area (Å²) in [5.74, 6) is 1.22. The van der Waals surface area contributed by atoms with Gasteiger partial charge < -0.3 is 20.1 Å². The number of carbonyl (C=O) groups excluding carboxylic acids is 2. The maximum Gasteiger partial charge on any atom is 0.274 e. The van der Waals surface area contributed by atoms with Gasteiger partial charge >= 0.3 is 0 Å². The molecule has 1 aromatic heterocycles. The molecule has 2 N–H and O–H groups in total. The summed E-state index contributed by atoms with van der Waals surface area (Å²) in [6, 6.07) is 13.5. The first kappa shape index (κ1) is 19.8. The van der Waals surface area contributed by atoms with Crippen molar-refractivity contribution in [1.29, 1.82) is 0 Å². The van der Waals surface area contributed by atoms with Crippen LogP contribution in [-0.4, -0.2) is 35.9 Å². The average Bonchev–Trinajstić information content (AvgIpc) is 2.74. The third-order valence-electron chi connectivity index (χ3n) is 4.12. The molecule has 0 saturated carbocycles. The number of ether oxygens (including phenoxy) is 2. The van der Waals surface area contributed by atoms with Crippen LogP contribution in [0.5, 0.6) is 11.5 Å². The van der Waals surface area contributed by atoms with Gasteiger partial charge in [-0.3, -0.25) is 9.59 Å². The molecule has 0 aliphatic heterocycles. The topological polar surface area (TPSA) is 102 Å². The van der Waals surface area contributed by atoms with Crippen LogP contribution in [0, 0.1) is 0 Å². The first-order chi connectivity index (χ1) is 14.0. The highest BCUT2D eigenvalue weighted by molar-refractivity contribution is 6.03. The lowest BCUT2D eigenvalue weighted by Crippen LogP contribution is -2.14. The Balaban J connectivity index is 1.75. The van der Waals surface area contributed by atoms with E-state index in [1.807, 2.05) is 0 Å². The number of nitrogens with zero attached hydrogens (tertiary/aromatic N) is 2. The van der Waals surface area contributed by atoms with Crippen molar-refractivity contribution in [3.8, 4) is 11.5 Å². The molecule has 0 aliphatic carbocycles.